The summed E-state index contributed by atoms with van der Waals surface area (Å²) in [6, 6.07) is 1.85. The van der Waals surface area contributed by atoms with Crippen LogP contribution in [0.1, 0.15) is 32.4 Å². The number of nitrogens with one attached hydrogen (secondary N) is 1. The van der Waals surface area contributed by atoms with Crippen molar-refractivity contribution in [3.63, 3.8) is 0 Å². The first-order chi connectivity index (χ1) is 7.82. The van der Waals surface area contributed by atoms with E-state index in [0.29, 0.717) is 5.56 Å². The van der Waals surface area contributed by atoms with Gasteiger partial charge in [-0.3, -0.25) is 4.98 Å². The van der Waals surface area contributed by atoms with Crippen molar-refractivity contribution in [3.05, 3.63) is 30.1 Å². The minimum atomic E-state index is -2.63. The van der Waals surface area contributed by atoms with Gasteiger partial charge in [0.05, 0.1) is 15.7 Å². The number of pyridine rings is 1. The fraction of sp³-hybridized carbons (Fsp3) is 0.545. The van der Waals surface area contributed by atoms with Gasteiger partial charge in [-0.2, -0.15) is 0 Å². The van der Waals surface area contributed by atoms with Crippen molar-refractivity contribution in [3.8, 4) is 0 Å². The van der Waals surface area contributed by atoms with Gasteiger partial charge in [-0.15, -0.1) is 0 Å². The summed E-state index contributed by atoms with van der Waals surface area (Å²) in [5.74, 6) is 0. The van der Waals surface area contributed by atoms with Gasteiger partial charge in [0.2, 0.25) is 0 Å². The Kier molecular flexibility index (Phi) is 4.70. The minimum absolute atomic E-state index is 0.333. The van der Waals surface area contributed by atoms with E-state index in [1.807, 2.05) is 0 Å². The van der Waals surface area contributed by atoms with E-state index in [4.69, 9.17) is 0 Å². The Morgan fingerprint density at radius 1 is 1.41 bits per heavy atom. The van der Waals surface area contributed by atoms with Crippen LogP contribution in [0, 0.1) is 0 Å². The van der Waals surface area contributed by atoms with Crippen LogP contribution in [0.25, 0.3) is 0 Å². The molecule has 0 aliphatic rings. The predicted molar refractivity (Wildman–Crippen MR) is 64.0 cm³/mol. The van der Waals surface area contributed by atoms with E-state index in [2.05, 4.69) is 9.71 Å². The Balaban J connectivity index is 2.86. The Hall–Kier alpha value is -0.880. The molecule has 0 bridgehead atoms. The average molecular weight is 262 g/mol. The van der Waals surface area contributed by atoms with Crippen LogP contribution >= 0.6 is 0 Å². The Bertz CT molecular complexity index is 379. The van der Waals surface area contributed by atoms with Gasteiger partial charge in [0.15, 0.2) is 0 Å². The van der Waals surface area contributed by atoms with Gasteiger partial charge in [0.1, 0.15) is 6.04 Å². The van der Waals surface area contributed by atoms with Crippen molar-refractivity contribution in [1.82, 2.24) is 9.71 Å². The van der Waals surface area contributed by atoms with Crippen LogP contribution in [0.15, 0.2) is 24.5 Å². The number of halogens is 2. The summed E-state index contributed by atoms with van der Waals surface area (Å²) >= 11 is 0. The zero-order valence-corrected chi connectivity index (χ0v) is 10.8. The highest BCUT2D eigenvalue weighted by molar-refractivity contribution is 7.84. The molecule has 1 heterocycles. The summed E-state index contributed by atoms with van der Waals surface area (Å²) in [4.78, 5) is 3.79. The third kappa shape index (κ3) is 4.12. The predicted octanol–water partition coefficient (Wildman–Crippen LogP) is 2.44. The topological polar surface area (TPSA) is 42.0 Å². The third-order valence-corrected chi connectivity index (χ3v) is 3.67. The maximum atomic E-state index is 12.9. The van der Waals surface area contributed by atoms with Crippen LogP contribution in [-0.4, -0.2) is 20.4 Å². The Morgan fingerprint density at radius 2 is 2.06 bits per heavy atom. The second-order valence-corrected chi connectivity index (χ2v) is 6.60. The maximum Gasteiger partial charge on any atom is 0.258 e. The van der Waals surface area contributed by atoms with Crippen molar-refractivity contribution in [1.29, 1.82) is 0 Å². The molecule has 1 rings (SSSR count). The lowest BCUT2D eigenvalue weighted by Gasteiger charge is -2.23. The summed E-state index contributed by atoms with van der Waals surface area (Å²) < 4.78 is 39.5. The molecule has 0 saturated heterocycles. The molecular formula is C11H16F2N2OS. The van der Waals surface area contributed by atoms with E-state index >= 15 is 0 Å². The van der Waals surface area contributed by atoms with Crippen LogP contribution in [-0.2, 0) is 11.0 Å². The molecule has 1 unspecified atom stereocenters. The molecule has 0 radical (unpaired) electrons. The smallest absolute Gasteiger partial charge is 0.258 e. The molecule has 0 saturated carbocycles. The van der Waals surface area contributed by atoms with Crippen LogP contribution < -0.4 is 4.72 Å². The number of nitrogens with zero attached hydrogens (tertiary/aromatic N) is 1. The molecule has 0 amide bonds. The highest BCUT2D eigenvalue weighted by Crippen LogP contribution is 2.22. The summed E-state index contributed by atoms with van der Waals surface area (Å²) in [6.07, 6.45) is 0.224. The highest BCUT2D eigenvalue weighted by atomic mass is 32.2. The standard InChI is InChI=1S/C11H16F2N2OS/c1-11(2,3)17(16)15-9(10(12)13)8-5-4-6-14-7-8/h4-7,9-10,15H,1-3H3/t9-,17?/m1/s1. The van der Waals surface area contributed by atoms with E-state index in [1.54, 1.807) is 26.8 Å². The van der Waals surface area contributed by atoms with Gasteiger partial charge in [0.25, 0.3) is 6.43 Å². The molecule has 6 heteroatoms. The van der Waals surface area contributed by atoms with E-state index in [-0.39, 0.29) is 0 Å². The normalized spacial score (nSPS) is 15.9. The van der Waals surface area contributed by atoms with Gasteiger partial charge >= 0.3 is 0 Å². The fourth-order valence-electron chi connectivity index (χ4n) is 1.12. The lowest BCUT2D eigenvalue weighted by Crippen LogP contribution is -2.38. The lowest BCUT2D eigenvalue weighted by atomic mass is 10.1. The largest absolute Gasteiger partial charge is 0.264 e. The zero-order valence-electron chi connectivity index (χ0n) is 9.98. The molecule has 0 fully saturated rings. The van der Waals surface area contributed by atoms with E-state index in [1.165, 1.54) is 18.5 Å². The van der Waals surface area contributed by atoms with E-state index in [0.717, 1.165) is 0 Å². The molecule has 96 valence electrons. The van der Waals surface area contributed by atoms with Crippen molar-refractivity contribution < 1.29 is 13.0 Å². The van der Waals surface area contributed by atoms with Gasteiger partial charge in [-0.1, -0.05) is 6.07 Å². The minimum Gasteiger partial charge on any atom is -0.264 e. The van der Waals surface area contributed by atoms with Crippen molar-refractivity contribution in [2.75, 3.05) is 0 Å². The number of alkyl halides is 2. The van der Waals surface area contributed by atoms with Crippen molar-refractivity contribution in [2.24, 2.45) is 0 Å². The Morgan fingerprint density at radius 3 is 2.47 bits per heavy atom. The van der Waals surface area contributed by atoms with E-state index in [9.17, 15) is 13.0 Å². The number of hydrogen-bond acceptors (Lipinski definition) is 2. The first kappa shape index (κ1) is 14.2. The third-order valence-electron chi connectivity index (χ3n) is 2.09. The molecule has 1 N–H and O–H groups in total. The molecule has 3 nitrogen and oxygen atoms in total. The monoisotopic (exact) mass is 262 g/mol. The first-order valence-corrected chi connectivity index (χ1v) is 6.33. The second-order valence-electron chi connectivity index (χ2n) is 4.60. The molecule has 0 aromatic carbocycles. The van der Waals surface area contributed by atoms with Gasteiger partial charge < -0.3 is 0 Å². The summed E-state index contributed by atoms with van der Waals surface area (Å²) in [5.41, 5.74) is 0.333. The second kappa shape index (κ2) is 5.64. The molecule has 1 aromatic heterocycles. The highest BCUT2D eigenvalue weighted by Gasteiger charge is 2.28. The number of hydrogen-bond donors (Lipinski definition) is 1. The SMILES string of the molecule is CC(C)(C)S(=O)N[C@H](c1cccnc1)C(F)F. The first-order valence-electron chi connectivity index (χ1n) is 5.18. The molecule has 0 spiro atoms. The molecular weight excluding hydrogens is 246 g/mol. The van der Waals surface area contributed by atoms with Crippen molar-refractivity contribution in [2.45, 2.75) is 38.0 Å². The Labute approximate surface area is 102 Å². The number of aromatic nitrogens is 1. The lowest BCUT2D eigenvalue weighted by molar-refractivity contribution is 0.109. The molecule has 2 atom stereocenters. The summed E-state index contributed by atoms with van der Waals surface area (Å²) in [6.45, 7) is 5.17. The summed E-state index contributed by atoms with van der Waals surface area (Å²) in [5, 5.41) is 0. The molecule has 0 aliphatic carbocycles. The van der Waals surface area contributed by atoms with Gasteiger partial charge in [0, 0.05) is 12.4 Å². The van der Waals surface area contributed by atoms with Crippen molar-refractivity contribution >= 4 is 11.0 Å². The fourth-order valence-corrected chi connectivity index (χ4v) is 1.94. The quantitative estimate of drug-likeness (QED) is 0.905. The molecule has 0 aliphatic heterocycles. The van der Waals surface area contributed by atoms with E-state index < -0.39 is 28.2 Å². The zero-order chi connectivity index (χ0) is 13.1. The van der Waals surface area contributed by atoms with Gasteiger partial charge in [-0.05, 0) is 32.4 Å². The maximum absolute atomic E-state index is 12.9. The van der Waals surface area contributed by atoms with Crippen LogP contribution in [0.5, 0.6) is 0 Å². The van der Waals surface area contributed by atoms with Crippen LogP contribution in [0.2, 0.25) is 0 Å². The molecule has 1 aromatic rings. The molecule has 17 heavy (non-hydrogen) atoms. The number of rotatable bonds is 4. The van der Waals surface area contributed by atoms with Gasteiger partial charge in [-0.25, -0.2) is 17.7 Å². The van der Waals surface area contributed by atoms with Crippen LogP contribution in [0.4, 0.5) is 8.78 Å². The average Bonchev–Trinajstić information content (AvgIpc) is 2.25. The summed E-state index contributed by atoms with van der Waals surface area (Å²) in [7, 11) is -1.55. The van der Waals surface area contributed by atoms with Crippen LogP contribution in [0.3, 0.4) is 0 Å².